The number of hydrogen-bond acceptors (Lipinski definition) is 2. The minimum atomic E-state index is 0.767. The van der Waals surface area contributed by atoms with E-state index < -0.39 is 0 Å². The Kier molecular flexibility index (Phi) is 3.15. The van der Waals surface area contributed by atoms with Crippen molar-refractivity contribution in [1.29, 1.82) is 0 Å². The van der Waals surface area contributed by atoms with Gasteiger partial charge in [0.2, 0.25) is 0 Å². The lowest BCUT2D eigenvalue weighted by Gasteiger charge is -2.12. The quantitative estimate of drug-likeness (QED) is 0.811. The second-order valence-electron chi connectivity index (χ2n) is 3.67. The molecule has 3 N–H and O–H groups in total. The molecule has 3 heteroatoms. The molecule has 0 saturated heterocycles. The van der Waals surface area contributed by atoms with E-state index in [2.05, 4.69) is 21.2 Å². The van der Waals surface area contributed by atoms with Gasteiger partial charge in [-0.1, -0.05) is 28.1 Å². The molecule has 2 rings (SSSR count). The topological polar surface area (TPSA) is 38.0 Å². The van der Waals surface area contributed by atoms with E-state index in [0.29, 0.717) is 0 Å². The SMILES string of the molecule is Cc1cccc(N)c1Nc1ccc(Br)cc1. The van der Waals surface area contributed by atoms with Crippen LogP contribution in [0, 0.1) is 6.92 Å². The number of nitrogens with two attached hydrogens (primary N) is 1. The van der Waals surface area contributed by atoms with E-state index in [1.165, 1.54) is 0 Å². The fourth-order valence-corrected chi connectivity index (χ4v) is 1.80. The average molecular weight is 277 g/mol. The number of halogens is 1. The number of nitrogens with one attached hydrogen (secondary N) is 1. The molecule has 82 valence electrons. The minimum Gasteiger partial charge on any atom is -0.397 e. The molecule has 0 fully saturated rings. The van der Waals surface area contributed by atoms with Crippen LogP contribution in [0.25, 0.3) is 0 Å². The normalized spacial score (nSPS) is 10.1. The van der Waals surface area contributed by atoms with E-state index in [1.807, 2.05) is 49.4 Å². The molecular weight excluding hydrogens is 264 g/mol. The highest BCUT2D eigenvalue weighted by Crippen LogP contribution is 2.27. The molecular formula is C13H13BrN2. The average Bonchev–Trinajstić information content (AvgIpc) is 2.26. The molecule has 2 aromatic carbocycles. The van der Waals surface area contributed by atoms with Crippen LogP contribution in [0.4, 0.5) is 17.1 Å². The Morgan fingerprint density at radius 2 is 1.75 bits per heavy atom. The maximum Gasteiger partial charge on any atom is 0.0647 e. The van der Waals surface area contributed by atoms with Crippen molar-refractivity contribution in [1.82, 2.24) is 0 Å². The maximum atomic E-state index is 5.93. The summed E-state index contributed by atoms with van der Waals surface area (Å²) in [5.74, 6) is 0. The molecule has 0 spiro atoms. The Morgan fingerprint density at radius 3 is 2.38 bits per heavy atom. The van der Waals surface area contributed by atoms with Crippen molar-refractivity contribution in [3.63, 3.8) is 0 Å². The summed E-state index contributed by atoms with van der Waals surface area (Å²) in [6.07, 6.45) is 0. The summed E-state index contributed by atoms with van der Waals surface area (Å²) in [5.41, 5.74) is 9.84. The number of anilines is 3. The highest BCUT2D eigenvalue weighted by molar-refractivity contribution is 9.10. The third-order valence-electron chi connectivity index (χ3n) is 2.42. The Balaban J connectivity index is 2.30. The Labute approximate surface area is 104 Å². The molecule has 0 aliphatic carbocycles. The molecule has 0 atom stereocenters. The van der Waals surface area contributed by atoms with Gasteiger partial charge in [-0.3, -0.25) is 0 Å². The highest BCUT2D eigenvalue weighted by Gasteiger charge is 2.02. The minimum absolute atomic E-state index is 0.767. The molecule has 0 unspecified atom stereocenters. The monoisotopic (exact) mass is 276 g/mol. The molecule has 0 bridgehead atoms. The second kappa shape index (κ2) is 4.58. The molecule has 0 aromatic heterocycles. The Morgan fingerprint density at radius 1 is 1.06 bits per heavy atom. The van der Waals surface area contributed by atoms with Crippen LogP contribution in [0.5, 0.6) is 0 Å². The number of rotatable bonds is 2. The first-order valence-corrected chi connectivity index (χ1v) is 5.84. The van der Waals surface area contributed by atoms with Gasteiger partial charge in [0.15, 0.2) is 0 Å². The first-order valence-electron chi connectivity index (χ1n) is 5.04. The lowest BCUT2D eigenvalue weighted by molar-refractivity contribution is 1.43. The Bertz CT molecular complexity index is 472. The molecule has 0 saturated carbocycles. The second-order valence-corrected chi connectivity index (χ2v) is 4.59. The third kappa shape index (κ3) is 2.36. The van der Waals surface area contributed by atoms with E-state index in [-0.39, 0.29) is 0 Å². The molecule has 0 aliphatic rings. The zero-order valence-electron chi connectivity index (χ0n) is 9.00. The standard InChI is InChI=1S/C13H13BrN2/c1-9-3-2-4-12(15)13(9)16-11-7-5-10(14)6-8-11/h2-8,16H,15H2,1H3. The lowest BCUT2D eigenvalue weighted by Crippen LogP contribution is -1.98. The van der Waals surface area contributed by atoms with Gasteiger partial charge in [-0.25, -0.2) is 0 Å². The number of benzene rings is 2. The predicted molar refractivity (Wildman–Crippen MR) is 73.0 cm³/mol. The molecule has 0 aliphatic heterocycles. The summed E-state index contributed by atoms with van der Waals surface area (Å²) in [5, 5.41) is 3.32. The van der Waals surface area contributed by atoms with Crippen molar-refractivity contribution >= 4 is 33.0 Å². The first-order chi connectivity index (χ1) is 7.66. The van der Waals surface area contributed by atoms with E-state index in [9.17, 15) is 0 Å². The van der Waals surface area contributed by atoms with Gasteiger partial charge in [-0.15, -0.1) is 0 Å². The number of para-hydroxylation sites is 1. The maximum absolute atomic E-state index is 5.93. The molecule has 0 heterocycles. The van der Waals surface area contributed by atoms with Crippen LogP contribution in [0.15, 0.2) is 46.9 Å². The fourth-order valence-electron chi connectivity index (χ4n) is 1.54. The van der Waals surface area contributed by atoms with E-state index in [0.717, 1.165) is 27.1 Å². The van der Waals surface area contributed by atoms with Crippen molar-refractivity contribution in [3.8, 4) is 0 Å². The van der Waals surface area contributed by atoms with Gasteiger partial charge in [0.05, 0.1) is 11.4 Å². The summed E-state index contributed by atoms with van der Waals surface area (Å²) < 4.78 is 1.07. The molecule has 2 aromatic rings. The van der Waals surface area contributed by atoms with Crippen molar-refractivity contribution in [2.45, 2.75) is 6.92 Å². The predicted octanol–water partition coefficient (Wildman–Crippen LogP) is 4.08. The molecule has 0 radical (unpaired) electrons. The van der Waals surface area contributed by atoms with Crippen LogP contribution in [-0.2, 0) is 0 Å². The zero-order chi connectivity index (χ0) is 11.5. The summed E-state index contributed by atoms with van der Waals surface area (Å²) in [6, 6.07) is 13.9. The van der Waals surface area contributed by atoms with Crippen LogP contribution in [0.1, 0.15) is 5.56 Å². The number of aryl methyl sites for hydroxylation is 1. The number of hydrogen-bond donors (Lipinski definition) is 2. The molecule has 2 nitrogen and oxygen atoms in total. The zero-order valence-corrected chi connectivity index (χ0v) is 10.6. The third-order valence-corrected chi connectivity index (χ3v) is 2.95. The number of nitrogen functional groups attached to an aromatic ring is 1. The summed E-state index contributed by atoms with van der Waals surface area (Å²) in [6.45, 7) is 2.04. The van der Waals surface area contributed by atoms with E-state index in [4.69, 9.17) is 5.73 Å². The van der Waals surface area contributed by atoms with Crippen molar-refractivity contribution < 1.29 is 0 Å². The summed E-state index contributed by atoms with van der Waals surface area (Å²) in [4.78, 5) is 0. The van der Waals surface area contributed by atoms with Gasteiger partial charge in [-0.05, 0) is 42.8 Å². The van der Waals surface area contributed by atoms with Crippen LogP contribution in [0.3, 0.4) is 0 Å². The van der Waals surface area contributed by atoms with E-state index >= 15 is 0 Å². The van der Waals surface area contributed by atoms with Crippen molar-refractivity contribution in [2.75, 3.05) is 11.1 Å². The van der Waals surface area contributed by atoms with Gasteiger partial charge >= 0.3 is 0 Å². The van der Waals surface area contributed by atoms with Gasteiger partial charge in [-0.2, -0.15) is 0 Å². The highest BCUT2D eigenvalue weighted by atomic mass is 79.9. The molecule has 16 heavy (non-hydrogen) atoms. The van der Waals surface area contributed by atoms with Crippen molar-refractivity contribution in [3.05, 3.63) is 52.5 Å². The van der Waals surface area contributed by atoms with Crippen molar-refractivity contribution in [2.24, 2.45) is 0 Å². The smallest absolute Gasteiger partial charge is 0.0647 e. The summed E-state index contributed by atoms with van der Waals surface area (Å²) in [7, 11) is 0. The largest absolute Gasteiger partial charge is 0.397 e. The Hall–Kier alpha value is -1.48. The van der Waals surface area contributed by atoms with Gasteiger partial charge in [0, 0.05) is 10.2 Å². The van der Waals surface area contributed by atoms with E-state index in [1.54, 1.807) is 0 Å². The van der Waals surface area contributed by atoms with Gasteiger partial charge in [0.1, 0.15) is 0 Å². The fraction of sp³-hybridized carbons (Fsp3) is 0.0769. The summed E-state index contributed by atoms with van der Waals surface area (Å²) >= 11 is 3.41. The molecule has 0 amide bonds. The van der Waals surface area contributed by atoms with Crippen LogP contribution in [0.2, 0.25) is 0 Å². The van der Waals surface area contributed by atoms with Crippen LogP contribution >= 0.6 is 15.9 Å². The van der Waals surface area contributed by atoms with Crippen LogP contribution in [-0.4, -0.2) is 0 Å². The first kappa shape index (κ1) is 11.0. The van der Waals surface area contributed by atoms with Crippen LogP contribution < -0.4 is 11.1 Å². The van der Waals surface area contributed by atoms with Gasteiger partial charge in [0.25, 0.3) is 0 Å². The van der Waals surface area contributed by atoms with Gasteiger partial charge < -0.3 is 11.1 Å². The lowest BCUT2D eigenvalue weighted by atomic mass is 10.1.